The number of hydrogen-bond acceptors (Lipinski definition) is 3. The van der Waals surface area contributed by atoms with Crippen molar-refractivity contribution in [2.24, 2.45) is 0 Å². The predicted octanol–water partition coefficient (Wildman–Crippen LogP) is 2.32. The zero-order chi connectivity index (χ0) is 14.2. The Hall–Kier alpha value is -2.17. The first-order chi connectivity index (χ1) is 8.80. The molecule has 0 saturated heterocycles. The van der Waals surface area contributed by atoms with Crippen molar-refractivity contribution in [1.29, 1.82) is 0 Å². The quantitative estimate of drug-likeness (QED) is 0.791. The van der Waals surface area contributed by atoms with E-state index in [0.29, 0.717) is 16.6 Å². The molecule has 2 aromatic rings. The van der Waals surface area contributed by atoms with Gasteiger partial charge in [0.1, 0.15) is 11.9 Å². The van der Waals surface area contributed by atoms with Crippen LogP contribution in [0.2, 0.25) is 0 Å². The van der Waals surface area contributed by atoms with Crippen molar-refractivity contribution < 1.29 is 14.3 Å². The summed E-state index contributed by atoms with van der Waals surface area (Å²) in [5.41, 5.74) is 0.187. The van der Waals surface area contributed by atoms with Gasteiger partial charge in [-0.3, -0.25) is 4.98 Å². The van der Waals surface area contributed by atoms with E-state index in [0.717, 1.165) is 4.90 Å². The number of hydrogen-bond donors (Lipinski definition) is 0. The zero-order valence-corrected chi connectivity index (χ0v) is 11.0. The lowest BCUT2D eigenvalue weighted by Gasteiger charge is -2.38. The van der Waals surface area contributed by atoms with Gasteiger partial charge in [-0.2, -0.15) is 0 Å². The number of carbonyl (C=O) groups excluding carboxylic acids is 1. The van der Waals surface area contributed by atoms with Crippen LogP contribution in [0, 0.1) is 5.82 Å². The fraction of sp³-hybridized carbons (Fsp3) is 0.286. The van der Waals surface area contributed by atoms with E-state index in [2.05, 4.69) is 4.98 Å². The van der Waals surface area contributed by atoms with Crippen LogP contribution in [0.25, 0.3) is 10.9 Å². The summed E-state index contributed by atoms with van der Waals surface area (Å²) >= 11 is 0. The number of fused-ring (bicyclic) bond motifs is 1. The van der Waals surface area contributed by atoms with Gasteiger partial charge in [-0.1, -0.05) is 0 Å². The SMILES string of the molecule is CC(C)(C)N(C(=O)[O-])c1ccnc2cc(F)ccc12. The van der Waals surface area contributed by atoms with E-state index >= 15 is 0 Å². The maximum atomic E-state index is 13.2. The highest BCUT2D eigenvalue weighted by Crippen LogP contribution is 2.30. The number of carbonyl (C=O) groups is 1. The van der Waals surface area contributed by atoms with Gasteiger partial charge in [0.05, 0.1) is 11.2 Å². The maximum Gasteiger partial charge on any atom is 0.142 e. The van der Waals surface area contributed by atoms with Crippen molar-refractivity contribution in [1.82, 2.24) is 4.98 Å². The summed E-state index contributed by atoms with van der Waals surface area (Å²) in [5.74, 6) is -0.409. The van der Waals surface area contributed by atoms with Crippen LogP contribution in [0.15, 0.2) is 30.5 Å². The van der Waals surface area contributed by atoms with Gasteiger partial charge in [-0.05, 0) is 39.0 Å². The number of halogens is 1. The Labute approximate surface area is 110 Å². The Morgan fingerprint density at radius 2 is 2.00 bits per heavy atom. The third kappa shape index (κ3) is 2.50. The standard InChI is InChI=1S/C14H15FN2O2/c1-14(2,3)17(13(18)19)12-6-7-16-11-8-9(15)4-5-10(11)12/h4-8H,1-3H3,(H,18,19)/p-1. The summed E-state index contributed by atoms with van der Waals surface area (Å²) in [5, 5.41) is 11.9. The molecule has 0 radical (unpaired) electrons. The third-order valence-corrected chi connectivity index (χ3v) is 2.78. The molecule has 4 nitrogen and oxygen atoms in total. The lowest BCUT2D eigenvalue weighted by Crippen LogP contribution is -2.52. The van der Waals surface area contributed by atoms with Crippen molar-refractivity contribution in [2.45, 2.75) is 26.3 Å². The van der Waals surface area contributed by atoms with Crippen molar-refractivity contribution in [3.05, 3.63) is 36.3 Å². The van der Waals surface area contributed by atoms with E-state index in [1.54, 1.807) is 26.8 Å². The van der Waals surface area contributed by atoms with Crippen LogP contribution in [0.3, 0.4) is 0 Å². The largest absolute Gasteiger partial charge is 0.530 e. The summed E-state index contributed by atoms with van der Waals surface area (Å²) in [4.78, 5) is 16.6. The maximum absolute atomic E-state index is 13.2. The van der Waals surface area contributed by atoms with Crippen molar-refractivity contribution >= 4 is 22.7 Å². The molecule has 0 bridgehead atoms. The van der Waals surface area contributed by atoms with Crippen LogP contribution in [-0.2, 0) is 0 Å². The number of anilines is 1. The molecule has 0 unspecified atom stereocenters. The Balaban J connectivity index is 2.70. The van der Waals surface area contributed by atoms with Crippen LogP contribution in [0.5, 0.6) is 0 Å². The second-order valence-corrected chi connectivity index (χ2v) is 5.26. The van der Waals surface area contributed by atoms with E-state index in [4.69, 9.17) is 0 Å². The van der Waals surface area contributed by atoms with E-state index < -0.39 is 17.4 Å². The van der Waals surface area contributed by atoms with Crippen molar-refractivity contribution in [2.75, 3.05) is 4.90 Å². The van der Waals surface area contributed by atoms with Gasteiger partial charge in [0, 0.05) is 23.2 Å². The molecule has 0 atom stereocenters. The first-order valence-electron chi connectivity index (χ1n) is 5.86. The number of pyridine rings is 1. The van der Waals surface area contributed by atoms with Crippen LogP contribution < -0.4 is 10.0 Å². The first-order valence-corrected chi connectivity index (χ1v) is 5.86. The van der Waals surface area contributed by atoms with Gasteiger partial charge in [-0.25, -0.2) is 4.39 Å². The molecule has 1 heterocycles. The molecule has 100 valence electrons. The van der Waals surface area contributed by atoms with Crippen LogP contribution in [0.1, 0.15) is 20.8 Å². The van der Waals surface area contributed by atoms with E-state index in [1.165, 1.54) is 24.4 Å². The monoisotopic (exact) mass is 261 g/mol. The second kappa shape index (κ2) is 4.50. The second-order valence-electron chi connectivity index (χ2n) is 5.26. The average molecular weight is 261 g/mol. The minimum Gasteiger partial charge on any atom is -0.530 e. The molecule has 19 heavy (non-hydrogen) atoms. The van der Waals surface area contributed by atoms with Gasteiger partial charge >= 0.3 is 0 Å². The lowest BCUT2D eigenvalue weighted by atomic mass is 10.0. The molecule has 0 aliphatic rings. The van der Waals surface area contributed by atoms with Crippen molar-refractivity contribution in [3.63, 3.8) is 0 Å². The van der Waals surface area contributed by atoms with Crippen LogP contribution in [0.4, 0.5) is 14.9 Å². The Morgan fingerprint density at radius 1 is 1.32 bits per heavy atom. The molecule has 1 amide bonds. The van der Waals surface area contributed by atoms with Gasteiger partial charge in [0.2, 0.25) is 0 Å². The fourth-order valence-electron chi connectivity index (χ4n) is 2.03. The van der Waals surface area contributed by atoms with Crippen LogP contribution in [-0.4, -0.2) is 16.6 Å². The number of nitrogens with zero attached hydrogens (tertiary/aromatic N) is 2. The van der Waals surface area contributed by atoms with E-state index in [-0.39, 0.29) is 0 Å². The molecule has 0 spiro atoms. The van der Waals surface area contributed by atoms with E-state index in [9.17, 15) is 14.3 Å². The number of aromatic nitrogens is 1. The molecule has 5 heteroatoms. The highest BCUT2D eigenvalue weighted by molar-refractivity contribution is 5.99. The predicted molar refractivity (Wildman–Crippen MR) is 69.3 cm³/mol. The number of amides is 1. The molecule has 0 N–H and O–H groups in total. The van der Waals surface area contributed by atoms with E-state index in [1.807, 2.05) is 0 Å². The Morgan fingerprint density at radius 3 is 2.58 bits per heavy atom. The summed E-state index contributed by atoms with van der Waals surface area (Å²) < 4.78 is 13.2. The molecule has 1 aromatic carbocycles. The molecule has 0 saturated carbocycles. The Bertz CT molecular complexity index is 635. The molecule has 2 rings (SSSR count). The summed E-state index contributed by atoms with van der Waals surface area (Å²) in [6, 6.07) is 5.66. The first kappa shape index (κ1) is 13.3. The van der Waals surface area contributed by atoms with Gasteiger partial charge in [0.25, 0.3) is 0 Å². The third-order valence-electron chi connectivity index (χ3n) is 2.78. The fourth-order valence-corrected chi connectivity index (χ4v) is 2.03. The number of rotatable bonds is 1. The Kier molecular flexibility index (Phi) is 3.14. The average Bonchev–Trinajstić information content (AvgIpc) is 2.26. The lowest BCUT2D eigenvalue weighted by molar-refractivity contribution is -0.247. The number of benzene rings is 1. The molecule has 0 fully saturated rings. The highest BCUT2D eigenvalue weighted by Gasteiger charge is 2.24. The minimum absolute atomic E-state index is 0.409. The molecule has 0 aliphatic heterocycles. The smallest absolute Gasteiger partial charge is 0.142 e. The zero-order valence-electron chi connectivity index (χ0n) is 11.0. The molecular weight excluding hydrogens is 247 g/mol. The minimum atomic E-state index is -1.30. The normalized spacial score (nSPS) is 11.6. The summed E-state index contributed by atoms with van der Waals surface area (Å²) in [6.07, 6.45) is 0.156. The van der Waals surface area contributed by atoms with Gasteiger partial charge in [0.15, 0.2) is 0 Å². The van der Waals surface area contributed by atoms with Crippen LogP contribution >= 0.6 is 0 Å². The highest BCUT2D eigenvalue weighted by atomic mass is 19.1. The summed E-state index contributed by atoms with van der Waals surface area (Å²) in [6.45, 7) is 5.29. The summed E-state index contributed by atoms with van der Waals surface area (Å²) in [7, 11) is 0. The van der Waals surface area contributed by atoms with Gasteiger partial charge in [-0.15, -0.1) is 0 Å². The number of carboxylic acid groups (broad SMARTS) is 1. The molecule has 1 aromatic heterocycles. The molecular formula is C14H14FN2O2-. The van der Waals surface area contributed by atoms with Gasteiger partial charge < -0.3 is 14.8 Å². The molecule has 0 aliphatic carbocycles. The topological polar surface area (TPSA) is 56.3 Å². The van der Waals surface area contributed by atoms with Crippen molar-refractivity contribution in [3.8, 4) is 0 Å².